The smallest absolute Gasteiger partial charge is 0.264 e. The van der Waals surface area contributed by atoms with E-state index in [1.807, 2.05) is 28.0 Å². The number of aromatic nitrogens is 2. The van der Waals surface area contributed by atoms with Crippen LogP contribution in [-0.4, -0.2) is 70.8 Å². The molecule has 3 aromatic rings. The number of fused-ring (bicyclic) bond motifs is 1. The fraction of sp³-hybridized carbons (Fsp3) is 0.409. The van der Waals surface area contributed by atoms with Gasteiger partial charge in [-0.1, -0.05) is 18.2 Å². The van der Waals surface area contributed by atoms with E-state index in [4.69, 9.17) is 4.74 Å². The third-order valence-corrected chi connectivity index (χ3v) is 7.11. The average Bonchev–Trinajstić information content (AvgIpc) is 3.53. The molecule has 0 aliphatic carbocycles. The van der Waals surface area contributed by atoms with Crippen LogP contribution in [0.3, 0.4) is 0 Å². The van der Waals surface area contributed by atoms with Crippen molar-refractivity contribution in [2.75, 3.05) is 39.4 Å². The number of hydrogen-bond acceptors (Lipinski definition) is 5. The summed E-state index contributed by atoms with van der Waals surface area (Å²) in [6, 6.07) is 10.0. The van der Waals surface area contributed by atoms with E-state index in [1.54, 1.807) is 28.4 Å². The monoisotopic (exact) mass is 424 g/mol. The highest BCUT2D eigenvalue weighted by Gasteiger charge is 2.34. The molecule has 2 saturated heterocycles. The summed E-state index contributed by atoms with van der Waals surface area (Å²) in [5.41, 5.74) is 1.11. The molecule has 30 heavy (non-hydrogen) atoms. The van der Waals surface area contributed by atoms with E-state index < -0.39 is 0 Å². The fourth-order valence-electron chi connectivity index (χ4n) is 4.39. The Hall–Kier alpha value is -2.71. The first-order valence-electron chi connectivity index (χ1n) is 10.3. The standard InChI is InChI=1S/C22H24N4O3S/c27-19(15-26-8-3-7-23-26)25-9-6-16(14-25)20-17-4-1-2-5-18(17)30-21(20)22(28)24-10-12-29-13-11-24/h1-5,7-8,16H,6,9-15H2/t16-/m1/s1. The number of thiophene rings is 1. The molecule has 4 heterocycles. The molecule has 1 aromatic carbocycles. The molecule has 7 nitrogen and oxygen atoms in total. The van der Waals surface area contributed by atoms with Gasteiger partial charge in [0.05, 0.1) is 18.1 Å². The highest BCUT2D eigenvalue weighted by Crippen LogP contribution is 2.40. The molecule has 2 amide bonds. The molecular formula is C22H24N4O3S. The molecule has 2 aliphatic heterocycles. The number of hydrogen-bond donors (Lipinski definition) is 0. The largest absolute Gasteiger partial charge is 0.378 e. The summed E-state index contributed by atoms with van der Waals surface area (Å²) >= 11 is 1.58. The SMILES string of the molecule is O=C(Cn1cccn1)N1CC[C@@H](c2c(C(=O)N3CCOCC3)sc3ccccc23)C1. The Bertz CT molecular complexity index is 1060. The first-order valence-corrected chi connectivity index (χ1v) is 11.2. The second-order valence-electron chi connectivity index (χ2n) is 7.77. The van der Waals surface area contributed by atoms with E-state index in [-0.39, 0.29) is 24.3 Å². The van der Waals surface area contributed by atoms with Gasteiger partial charge in [0.15, 0.2) is 0 Å². The second-order valence-corrected chi connectivity index (χ2v) is 8.83. The molecule has 1 atom stereocenters. The Kier molecular flexibility index (Phi) is 5.26. The number of carbonyl (C=O) groups excluding carboxylic acids is 2. The number of likely N-dealkylation sites (tertiary alicyclic amines) is 1. The number of amides is 2. The molecule has 0 unspecified atom stereocenters. The third-order valence-electron chi connectivity index (χ3n) is 5.93. The van der Waals surface area contributed by atoms with Gasteiger partial charge < -0.3 is 14.5 Å². The minimum absolute atomic E-state index is 0.0711. The second kappa shape index (κ2) is 8.20. The van der Waals surface area contributed by atoms with Gasteiger partial charge in [-0.25, -0.2) is 0 Å². The molecule has 2 aromatic heterocycles. The average molecular weight is 425 g/mol. The zero-order valence-electron chi connectivity index (χ0n) is 16.7. The molecule has 5 rings (SSSR count). The first-order chi connectivity index (χ1) is 14.7. The van der Waals surface area contributed by atoms with E-state index in [0.717, 1.165) is 26.9 Å². The van der Waals surface area contributed by atoms with Crippen LogP contribution in [0.5, 0.6) is 0 Å². The maximum absolute atomic E-state index is 13.4. The molecule has 0 bridgehead atoms. The summed E-state index contributed by atoms with van der Waals surface area (Å²) in [5, 5.41) is 5.28. The number of benzene rings is 1. The van der Waals surface area contributed by atoms with Gasteiger partial charge >= 0.3 is 0 Å². The van der Waals surface area contributed by atoms with E-state index in [0.29, 0.717) is 39.4 Å². The number of morpholine rings is 1. The van der Waals surface area contributed by atoms with Crippen LogP contribution in [-0.2, 0) is 16.1 Å². The van der Waals surface area contributed by atoms with Crippen molar-refractivity contribution in [2.24, 2.45) is 0 Å². The minimum atomic E-state index is 0.0711. The quantitative estimate of drug-likeness (QED) is 0.646. The van der Waals surface area contributed by atoms with Crippen LogP contribution in [0.2, 0.25) is 0 Å². The summed E-state index contributed by atoms with van der Waals surface area (Å²) in [6.07, 6.45) is 4.35. The number of nitrogens with zero attached hydrogens (tertiary/aromatic N) is 4. The summed E-state index contributed by atoms with van der Waals surface area (Å²) < 4.78 is 8.20. The van der Waals surface area contributed by atoms with Crippen LogP contribution in [0.15, 0.2) is 42.7 Å². The Morgan fingerprint density at radius 2 is 1.93 bits per heavy atom. The van der Waals surface area contributed by atoms with Gasteiger partial charge in [0, 0.05) is 49.2 Å². The Labute approximate surface area is 178 Å². The van der Waals surface area contributed by atoms with Crippen LogP contribution >= 0.6 is 11.3 Å². The molecule has 156 valence electrons. The topological polar surface area (TPSA) is 67.7 Å². The van der Waals surface area contributed by atoms with E-state index in [2.05, 4.69) is 17.2 Å². The maximum atomic E-state index is 13.4. The van der Waals surface area contributed by atoms with Gasteiger partial charge in [0.2, 0.25) is 5.91 Å². The molecule has 8 heteroatoms. The van der Waals surface area contributed by atoms with Gasteiger partial charge in [-0.3, -0.25) is 14.3 Å². The fourth-order valence-corrected chi connectivity index (χ4v) is 5.65. The Morgan fingerprint density at radius 1 is 1.10 bits per heavy atom. The lowest BCUT2D eigenvalue weighted by atomic mass is 9.94. The van der Waals surface area contributed by atoms with Gasteiger partial charge in [-0.2, -0.15) is 5.10 Å². The van der Waals surface area contributed by atoms with E-state index >= 15 is 0 Å². The highest BCUT2D eigenvalue weighted by molar-refractivity contribution is 7.21. The van der Waals surface area contributed by atoms with Crippen molar-refractivity contribution >= 4 is 33.2 Å². The zero-order valence-corrected chi connectivity index (χ0v) is 17.5. The van der Waals surface area contributed by atoms with Crippen LogP contribution < -0.4 is 0 Å². The molecule has 0 spiro atoms. The van der Waals surface area contributed by atoms with Crippen molar-refractivity contribution in [1.29, 1.82) is 0 Å². The number of ether oxygens (including phenoxy) is 1. The van der Waals surface area contributed by atoms with Crippen molar-refractivity contribution in [3.63, 3.8) is 0 Å². The molecule has 0 radical (unpaired) electrons. The Balaban J connectivity index is 1.42. The van der Waals surface area contributed by atoms with Gasteiger partial charge in [-0.15, -0.1) is 11.3 Å². The Morgan fingerprint density at radius 3 is 2.73 bits per heavy atom. The predicted octanol–water partition coefficient (Wildman–Crippen LogP) is 2.59. The minimum Gasteiger partial charge on any atom is -0.378 e. The normalized spacial score (nSPS) is 19.5. The maximum Gasteiger partial charge on any atom is 0.264 e. The lowest BCUT2D eigenvalue weighted by molar-refractivity contribution is -0.131. The van der Waals surface area contributed by atoms with Crippen molar-refractivity contribution in [2.45, 2.75) is 18.9 Å². The molecule has 2 aliphatic rings. The van der Waals surface area contributed by atoms with Crippen LogP contribution in [0.25, 0.3) is 10.1 Å². The van der Waals surface area contributed by atoms with Crippen LogP contribution in [0.4, 0.5) is 0 Å². The van der Waals surface area contributed by atoms with Crippen molar-refractivity contribution < 1.29 is 14.3 Å². The lowest BCUT2D eigenvalue weighted by Gasteiger charge is -2.27. The van der Waals surface area contributed by atoms with Crippen molar-refractivity contribution in [3.05, 3.63) is 53.2 Å². The summed E-state index contributed by atoms with van der Waals surface area (Å²) in [6.45, 7) is 4.04. The molecule has 0 saturated carbocycles. The third kappa shape index (κ3) is 3.61. The molecule has 2 fully saturated rings. The van der Waals surface area contributed by atoms with Gasteiger partial charge in [0.1, 0.15) is 6.54 Å². The summed E-state index contributed by atoms with van der Waals surface area (Å²) in [7, 11) is 0. The lowest BCUT2D eigenvalue weighted by Crippen LogP contribution is -2.40. The highest BCUT2D eigenvalue weighted by atomic mass is 32.1. The van der Waals surface area contributed by atoms with Gasteiger partial charge in [-0.05, 0) is 29.5 Å². The number of rotatable bonds is 4. The summed E-state index contributed by atoms with van der Waals surface area (Å²) in [4.78, 5) is 30.7. The van der Waals surface area contributed by atoms with E-state index in [9.17, 15) is 9.59 Å². The molecule has 0 N–H and O–H groups in total. The predicted molar refractivity (Wildman–Crippen MR) is 115 cm³/mol. The van der Waals surface area contributed by atoms with Crippen molar-refractivity contribution in [1.82, 2.24) is 19.6 Å². The van der Waals surface area contributed by atoms with Crippen LogP contribution in [0.1, 0.15) is 27.6 Å². The first kappa shape index (κ1) is 19.3. The van der Waals surface area contributed by atoms with Crippen LogP contribution in [0, 0.1) is 0 Å². The number of carbonyl (C=O) groups is 2. The van der Waals surface area contributed by atoms with Crippen molar-refractivity contribution in [3.8, 4) is 0 Å². The summed E-state index contributed by atoms with van der Waals surface area (Å²) in [5.74, 6) is 0.334. The van der Waals surface area contributed by atoms with E-state index in [1.165, 1.54) is 0 Å². The molecular weight excluding hydrogens is 400 g/mol. The zero-order chi connectivity index (χ0) is 20.5. The van der Waals surface area contributed by atoms with Gasteiger partial charge in [0.25, 0.3) is 5.91 Å².